The number of thiophene rings is 1. The summed E-state index contributed by atoms with van der Waals surface area (Å²) in [5, 5.41) is 11.0. The molecule has 2 aliphatic rings. The molecule has 196 valence electrons. The van der Waals surface area contributed by atoms with E-state index in [1.807, 2.05) is 38.2 Å². The van der Waals surface area contributed by atoms with E-state index < -0.39 is 0 Å². The van der Waals surface area contributed by atoms with E-state index in [1.165, 1.54) is 22.3 Å². The average Bonchev–Trinajstić information content (AvgIpc) is 3.61. The smallest absolute Gasteiger partial charge is 0.321 e. The maximum atomic E-state index is 12.7. The monoisotopic (exact) mass is 526 g/mol. The van der Waals surface area contributed by atoms with Gasteiger partial charge in [0.05, 0.1) is 22.8 Å². The van der Waals surface area contributed by atoms with Gasteiger partial charge in [0.25, 0.3) is 0 Å². The second kappa shape index (κ2) is 10.4. The predicted octanol–water partition coefficient (Wildman–Crippen LogP) is 5.43. The predicted molar refractivity (Wildman–Crippen MR) is 155 cm³/mol. The highest BCUT2D eigenvalue weighted by atomic mass is 32.1. The number of nitrogens with one attached hydrogen (secondary N) is 2. The van der Waals surface area contributed by atoms with Gasteiger partial charge in [-0.2, -0.15) is 5.10 Å². The highest BCUT2D eigenvalue weighted by Gasteiger charge is 2.26. The Kier molecular flexibility index (Phi) is 6.78. The molecule has 4 aromatic rings. The molecule has 2 aromatic heterocycles. The summed E-state index contributed by atoms with van der Waals surface area (Å²) < 4.78 is 0. The number of likely N-dealkylation sites (N-methyl/N-ethyl adjacent to an activating group) is 1. The topological polar surface area (TPSA) is 67.5 Å². The van der Waals surface area contributed by atoms with Gasteiger partial charge in [0.1, 0.15) is 0 Å². The Morgan fingerprint density at radius 3 is 2.76 bits per heavy atom. The molecule has 1 aliphatic heterocycles. The number of urea groups is 1. The van der Waals surface area contributed by atoms with Crippen LogP contribution in [-0.4, -0.2) is 71.2 Å². The number of fused-ring (bicyclic) bond motifs is 3. The van der Waals surface area contributed by atoms with Crippen molar-refractivity contribution in [2.75, 3.05) is 45.6 Å². The van der Waals surface area contributed by atoms with Crippen LogP contribution in [0.25, 0.3) is 21.8 Å². The lowest BCUT2D eigenvalue weighted by atomic mass is 10.0. The fourth-order valence-corrected chi connectivity index (χ4v) is 6.47. The molecule has 1 saturated heterocycles. The average molecular weight is 527 g/mol. The van der Waals surface area contributed by atoms with Crippen LogP contribution in [0.5, 0.6) is 0 Å². The normalized spacial score (nSPS) is 15.3. The van der Waals surface area contributed by atoms with Crippen molar-refractivity contribution in [3.63, 3.8) is 0 Å². The molecule has 3 heterocycles. The first-order valence-electron chi connectivity index (χ1n) is 13.2. The largest absolute Gasteiger partial charge is 0.322 e. The van der Waals surface area contributed by atoms with Gasteiger partial charge in [-0.05, 0) is 54.9 Å². The van der Waals surface area contributed by atoms with Crippen molar-refractivity contribution >= 4 is 23.1 Å². The molecule has 0 spiro atoms. The molecule has 1 fully saturated rings. The number of piperazine rings is 1. The summed E-state index contributed by atoms with van der Waals surface area (Å²) >= 11 is 1.71. The number of aromatic amines is 1. The van der Waals surface area contributed by atoms with Gasteiger partial charge in [-0.25, -0.2) is 4.79 Å². The third kappa shape index (κ3) is 5.12. The highest BCUT2D eigenvalue weighted by molar-refractivity contribution is 7.15. The number of H-pyrrole nitrogens is 1. The minimum atomic E-state index is -0.115. The van der Waals surface area contributed by atoms with Crippen LogP contribution in [0.2, 0.25) is 0 Å². The molecule has 1 aliphatic carbocycles. The molecule has 38 heavy (non-hydrogen) atoms. The van der Waals surface area contributed by atoms with Crippen LogP contribution >= 0.6 is 11.3 Å². The van der Waals surface area contributed by atoms with E-state index in [-0.39, 0.29) is 6.03 Å². The summed E-state index contributed by atoms with van der Waals surface area (Å²) in [4.78, 5) is 21.7. The van der Waals surface area contributed by atoms with Crippen LogP contribution in [0.3, 0.4) is 0 Å². The molecule has 6 rings (SSSR count). The lowest BCUT2D eigenvalue weighted by molar-refractivity contribution is 0.148. The summed E-state index contributed by atoms with van der Waals surface area (Å²) in [7, 11) is 4.03. The number of hydrogen-bond donors (Lipinski definition) is 2. The Bertz CT molecular complexity index is 1470. The van der Waals surface area contributed by atoms with Crippen molar-refractivity contribution in [1.82, 2.24) is 24.9 Å². The van der Waals surface area contributed by atoms with E-state index in [1.54, 1.807) is 16.2 Å². The van der Waals surface area contributed by atoms with Gasteiger partial charge in [0.2, 0.25) is 0 Å². The minimum absolute atomic E-state index is 0.115. The molecule has 2 N–H and O–H groups in total. The zero-order valence-corrected chi connectivity index (χ0v) is 23.1. The summed E-state index contributed by atoms with van der Waals surface area (Å²) in [6, 6.07) is 18.9. The number of hydrogen-bond acceptors (Lipinski definition) is 5. The Balaban J connectivity index is 1.12. The second-order valence-corrected chi connectivity index (χ2v) is 11.8. The number of carbonyl (C=O) groups is 1. The van der Waals surface area contributed by atoms with Crippen molar-refractivity contribution in [3.05, 3.63) is 81.7 Å². The molecule has 2 aromatic carbocycles. The number of aromatic nitrogens is 2. The van der Waals surface area contributed by atoms with Gasteiger partial charge >= 0.3 is 6.03 Å². The fraction of sp³-hybridized carbons (Fsp3) is 0.333. The third-order valence-corrected chi connectivity index (χ3v) is 8.67. The number of anilines is 1. The molecular formula is C30H34N6OS. The van der Waals surface area contributed by atoms with E-state index in [9.17, 15) is 4.79 Å². The SMILES string of the molecule is Cc1cccc(NC(=O)N(C)Cc2ccc(-c3[nH]nc4c3Cc3cc(CN5CCN(C)CC5)ccc3-4)s2)c1. The van der Waals surface area contributed by atoms with E-state index in [2.05, 4.69) is 57.6 Å². The van der Waals surface area contributed by atoms with E-state index in [0.29, 0.717) is 6.54 Å². The van der Waals surface area contributed by atoms with Crippen LogP contribution < -0.4 is 5.32 Å². The Labute approximate surface area is 228 Å². The van der Waals surface area contributed by atoms with Crippen molar-refractivity contribution in [2.45, 2.75) is 26.4 Å². The first kappa shape index (κ1) is 24.9. The van der Waals surface area contributed by atoms with Crippen molar-refractivity contribution in [3.8, 4) is 21.8 Å². The number of benzene rings is 2. The van der Waals surface area contributed by atoms with Crippen LogP contribution in [-0.2, 0) is 19.5 Å². The number of aryl methyl sites for hydroxylation is 1. The van der Waals surface area contributed by atoms with Gasteiger partial charge in [-0.15, -0.1) is 11.3 Å². The first-order chi connectivity index (χ1) is 18.4. The minimum Gasteiger partial charge on any atom is -0.322 e. The van der Waals surface area contributed by atoms with Crippen molar-refractivity contribution < 1.29 is 4.79 Å². The van der Waals surface area contributed by atoms with Gasteiger partial charge in [-0.3, -0.25) is 10.00 Å². The van der Waals surface area contributed by atoms with E-state index in [0.717, 1.165) is 71.5 Å². The van der Waals surface area contributed by atoms with Crippen molar-refractivity contribution in [1.29, 1.82) is 0 Å². The van der Waals surface area contributed by atoms with Crippen LogP contribution in [0.15, 0.2) is 54.6 Å². The van der Waals surface area contributed by atoms with Gasteiger partial charge in [0, 0.05) is 67.9 Å². The standard InChI is InChI=1S/C30H34N6OS/c1-20-5-4-6-23(15-20)31-30(37)35(3)19-24-8-10-27(38-24)29-26-17-22-16-21(7-9-25(22)28(26)32-33-29)18-36-13-11-34(2)12-14-36/h4-10,15-16H,11-14,17-19H2,1-3H3,(H,31,37)(H,32,33). The summed E-state index contributed by atoms with van der Waals surface area (Å²) in [6.45, 7) is 8.11. The van der Waals surface area contributed by atoms with Crippen LogP contribution in [0, 0.1) is 6.92 Å². The van der Waals surface area contributed by atoms with Gasteiger partial charge in [0.15, 0.2) is 0 Å². The Hall–Kier alpha value is -3.46. The number of amides is 2. The molecule has 7 nitrogen and oxygen atoms in total. The lowest BCUT2D eigenvalue weighted by Gasteiger charge is -2.32. The third-order valence-electron chi connectivity index (χ3n) is 7.58. The molecule has 8 heteroatoms. The Morgan fingerprint density at radius 2 is 1.95 bits per heavy atom. The zero-order valence-electron chi connectivity index (χ0n) is 22.3. The summed E-state index contributed by atoms with van der Waals surface area (Å²) in [6.07, 6.45) is 0.902. The molecule has 0 unspecified atom stereocenters. The van der Waals surface area contributed by atoms with E-state index >= 15 is 0 Å². The lowest BCUT2D eigenvalue weighted by Crippen LogP contribution is -2.43. The van der Waals surface area contributed by atoms with E-state index in [4.69, 9.17) is 5.10 Å². The molecule has 0 bridgehead atoms. The maximum absolute atomic E-state index is 12.7. The number of nitrogens with zero attached hydrogens (tertiary/aromatic N) is 4. The number of rotatable bonds is 6. The van der Waals surface area contributed by atoms with Gasteiger partial charge < -0.3 is 15.1 Å². The maximum Gasteiger partial charge on any atom is 0.321 e. The molecule has 2 amide bonds. The molecule has 0 saturated carbocycles. The Morgan fingerprint density at radius 1 is 1.11 bits per heavy atom. The van der Waals surface area contributed by atoms with Crippen molar-refractivity contribution in [2.24, 2.45) is 0 Å². The zero-order chi connectivity index (χ0) is 26.2. The fourth-order valence-electron chi connectivity index (χ4n) is 5.39. The van der Waals surface area contributed by atoms with Gasteiger partial charge in [-0.1, -0.05) is 30.3 Å². The number of carbonyl (C=O) groups excluding carboxylic acids is 1. The second-order valence-electron chi connectivity index (χ2n) is 10.6. The summed E-state index contributed by atoms with van der Waals surface area (Å²) in [5.74, 6) is 0. The first-order valence-corrected chi connectivity index (χ1v) is 14.0. The molecule has 0 atom stereocenters. The molecule has 0 radical (unpaired) electrons. The quantitative estimate of drug-likeness (QED) is 0.310. The summed E-state index contributed by atoms with van der Waals surface area (Å²) in [5.41, 5.74) is 9.38. The highest BCUT2D eigenvalue weighted by Crippen LogP contribution is 2.42. The van der Waals surface area contributed by atoms with Crippen LogP contribution in [0.1, 0.15) is 27.1 Å². The van der Waals surface area contributed by atoms with Crippen LogP contribution in [0.4, 0.5) is 10.5 Å². The molecular weight excluding hydrogens is 492 g/mol.